The van der Waals surface area contributed by atoms with Crippen LogP contribution in [0.25, 0.3) is 0 Å². The molecule has 18 heavy (non-hydrogen) atoms. The molecule has 0 aliphatic heterocycles. The van der Waals surface area contributed by atoms with Crippen LogP contribution in [0, 0.1) is 0 Å². The van der Waals surface area contributed by atoms with E-state index < -0.39 is 0 Å². The third-order valence-electron chi connectivity index (χ3n) is 3.18. The molecule has 1 aliphatic carbocycles. The molecule has 0 spiro atoms. The summed E-state index contributed by atoms with van der Waals surface area (Å²) in [4.78, 5) is 0. The summed E-state index contributed by atoms with van der Waals surface area (Å²) in [6.45, 7) is 3.06. The molecule has 1 fully saturated rings. The predicted octanol–water partition coefficient (Wildman–Crippen LogP) is 3.36. The fourth-order valence-corrected chi connectivity index (χ4v) is 3.41. The van der Waals surface area contributed by atoms with Crippen LogP contribution in [0.4, 0.5) is 0 Å². The quantitative estimate of drug-likeness (QED) is 0.852. The second-order valence-corrected chi connectivity index (χ2v) is 6.02. The second kappa shape index (κ2) is 6.37. The third-order valence-corrected chi connectivity index (χ3v) is 4.42. The third kappa shape index (κ3) is 2.90. The van der Waals surface area contributed by atoms with Crippen LogP contribution in [0.2, 0.25) is 0 Å². The van der Waals surface area contributed by atoms with Gasteiger partial charge in [-0.1, -0.05) is 13.0 Å². The van der Waals surface area contributed by atoms with Crippen LogP contribution in [0.5, 0.6) is 5.75 Å². The van der Waals surface area contributed by atoms with Crippen LogP contribution < -0.4 is 10.1 Å². The zero-order chi connectivity index (χ0) is 13.1. The van der Waals surface area contributed by atoms with Crippen LogP contribution in [0.15, 0.2) is 27.1 Å². The van der Waals surface area contributed by atoms with Crippen LogP contribution in [-0.4, -0.2) is 31.9 Å². The molecule has 0 amide bonds. The number of rotatable bonds is 5. The monoisotopic (exact) mass is 377 g/mol. The molecule has 0 aromatic heterocycles. The number of benzene rings is 1. The van der Waals surface area contributed by atoms with Gasteiger partial charge < -0.3 is 14.8 Å². The molecule has 3 nitrogen and oxygen atoms in total. The maximum absolute atomic E-state index is 6.03. The van der Waals surface area contributed by atoms with Crippen LogP contribution >= 0.6 is 31.9 Å². The van der Waals surface area contributed by atoms with Crippen LogP contribution in [0.1, 0.15) is 13.3 Å². The van der Waals surface area contributed by atoms with E-state index in [9.17, 15) is 0 Å². The minimum absolute atomic E-state index is 0.106. The average Bonchev–Trinajstić information content (AvgIpc) is 2.31. The highest BCUT2D eigenvalue weighted by molar-refractivity contribution is 9.11. The van der Waals surface area contributed by atoms with Crippen molar-refractivity contribution in [1.29, 1.82) is 0 Å². The summed E-state index contributed by atoms with van der Waals surface area (Å²) in [6.07, 6.45) is 1.19. The zero-order valence-electron chi connectivity index (χ0n) is 10.5. The molecule has 1 aromatic rings. The lowest BCUT2D eigenvalue weighted by Crippen LogP contribution is -2.60. The molecular formula is C13H17Br2NO2. The molecule has 0 radical (unpaired) electrons. The number of hydrogen-bond acceptors (Lipinski definition) is 3. The highest BCUT2D eigenvalue weighted by Crippen LogP contribution is 2.37. The van der Waals surface area contributed by atoms with Gasteiger partial charge in [0.05, 0.1) is 8.95 Å². The van der Waals surface area contributed by atoms with E-state index in [1.807, 2.05) is 18.2 Å². The number of methoxy groups -OCH3 is 1. The van der Waals surface area contributed by atoms with Crippen molar-refractivity contribution in [2.75, 3.05) is 13.7 Å². The van der Waals surface area contributed by atoms with Gasteiger partial charge in [-0.25, -0.2) is 0 Å². The number of ether oxygens (including phenoxy) is 2. The molecule has 0 bridgehead atoms. The van der Waals surface area contributed by atoms with E-state index in [0.29, 0.717) is 6.04 Å². The van der Waals surface area contributed by atoms with Crippen molar-refractivity contribution in [1.82, 2.24) is 5.32 Å². The van der Waals surface area contributed by atoms with Crippen molar-refractivity contribution in [2.24, 2.45) is 0 Å². The van der Waals surface area contributed by atoms with E-state index in [2.05, 4.69) is 44.1 Å². The van der Waals surface area contributed by atoms with E-state index >= 15 is 0 Å². The van der Waals surface area contributed by atoms with E-state index in [4.69, 9.17) is 9.47 Å². The summed E-state index contributed by atoms with van der Waals surface area (Å²) >= 11 is 7.01. The number of para-hydroxylation sites is 1. The lowest BCUT2D eigenvalue weighted by molar-refractivity contribution is -0.0888. The Morgan fingerprint density at radius 1 is 1.33 bits per heavy atom. The van der Waals surface area contributed by atoms with Gasteiger partial charge in [0.25, 0.3) is 0 Å². The Balaban J connectivity index is 2.03. The molecule has 2 rings (SSSR count). The lowest BCUT2D eigenvalue weighted by atomic mass is 9.85. The van der Waals surface area contributed by atoms with E-state index in [1.54, 1.807) is 7.11 Å². The maximum atomic E-state index is 6.03. The molecule has 1 saturated carbocycles. The van der Waals surface area contributed by atoms with E-state index in [1.165, 1.54) is 0 Å². The predicted molar refractivity (Wildman–Crippen MR) is 79.1 cm³/mol. The first-order chi connectivity index (χ1) is 8.67. The van der Waals surface area contributed by atoms with Gasteiger partial charge in [0.1, 0.15) is 18.0 Å². The molecule has 1 aliphatic rings. The van der Waals surface area contributed by atoms with Crippen molar-refractivity contribution in [3.05, 3.63) is 27.1 Å². The summed E-state index contributed by atoms with van der Waals surface area (Å²) in [5.41, 5.74) is 0. The van der Waals surface area contributed by atoms with Crippen molar-refractivity contribution in [3.8, 4) is 5.75 Å². The Morgan fingerprint density at radius 2 is 2.00 bits per heavy atom. The highest BCUT2D eigenvalue weighted by Gasteiger charge is 2.43. The summed E-state index contributed by atoms with van der Waals surface area (Å²) < 4.78 is 13.4. The molecule has 3 atom stereocenters. The van der Waals surface area contributed by atoms with E-state index in [-0.39, 0.29) is 12.2 Å². The summed E-state index contributed by atoms with van der Waals surface area (Å²) in [5.74, 6) is 0.847. The van der Waals surface area contributed by atoms with Gasteiger partial charge in [0.2, 0.25) is 0 Å². The highest BCUT2D eigenvalue weighted by atomic mass is 79.9. The molecule has 1 N–H and O–H groups in total. The molecular weight excluding hydrogens is 362 g/mol. The molecule has 0 heterocycles. The van der Waals surface area contributed by atoms with E-state index in [0.717, 1.165) is 27.7 Å². The minimum Gasteiger partial charge on any atom is -0.485 e. The lowest BCUT2D eigenvalue weighted by Gasteiger charge is -2.43. The fraction of sp³-hybridized carbons (Fsp3) is 0.538. The number of nitrogens with one attached hydrogen (secondary N) is 1. The largest absolute Gasteiger partial charge is 0.485 e. The maximum Gasteiger partial charge on any atom is 0.148 e. The molecule has 100 valence electrons. The zero-order valence-corrected chi connectivity index (χ0v) is 13.6. The Morgan fingerprint density at radius 3 is 2.56 bits per heavy atom. The first kappa shape index (κ1) is 14.3. The van der Waals surface area contributed by atoms with Crippen molar-refractivity contribution < 1.29 is 9.47 Å². The molecule has 5 heteroatoms. The number of hydrogen-bond donors (Lipinski definition) is 1. The molecule has 1 aromatic carbocycles. The van der Waals surface area contributed by atoms with Gasteiger partial charge in [0, 0.05) is 19.6 Å². The Bertz CT molecular complexity index is 394. The van der Waals surface area contributed by atoms with Gasteiger partial charge in [-0.05, 0) is 50.5 Å². The Labute approximate surface area is 124 Å². The SMILES string of the molecule is CCNC1CC(Oc2c(Br)cccc2Br)C1OC. The minimum atomic E-state index is 0.106. The van der Waals surface area contributed by atoms with Crippen molar-refractivity contribution in [2.45, 2.75) is 31.6 Å². The topological polar surface area (TPSA) is 30.5 Å². The summed E-state index contributed by atoms with van der Waals surface area (Å²) in [6, 6.07) is 6.31. The van der Waals surface area contributed by atoms with Crippen LogP contribution in [0.3, 0.4) is 0 Å². The van der Waals surface area contributed by atoms with Gasteiger partial charge in [-0.3, -0.25) is 0 Å². The first-order valence-electron chi connectivity index (χ1n) is 6.04. The smallest absolute Gasteiger partial charge is 0.148 e. The first-order valence-corrected chi connectivity index (χ1v) is 7.62. The van der Waals surface area contributed by atoms with Gasteiger partial charge in [0.15, 0.2) is 0 Å². The van der Waals surface area contributed by atoms with Crippen LogP contribution in [-0.2, 0) is 4.74 Å². The second-order valence-electron chi connectivity index (χ2n) is 4.31. The van der Waals surface area contributed by atoms with Gasteiger partial charge in [-0.2, -0.15) is 0 Å². The average molecular weight is 379 g/mol. The summed E-state index contributed by atoms with van der Waals surface area (Å²) in [5, 5.41) is 3.40. The Hall–Kier alpha value is -0.100. The normalized spacial score (nSPS) is 26.8. The summed E-state index contributed by atoms with van der Waals surface area (Å²) in [7, 11) is 1.74. The molecule has 0 saturated heterocycles. The van der Waals surface area contributed by atoms with Gasteiger partial charge >= 0.3 is 0 Å². The number of halogens is 2. The van der Waals surface area contributed by atoms with Crippen molar-refractivity contribution in [3.63, 3.8) is 0 Å². The van der Waals surface area contributed by atoms with Gasteiger partial charge in [-0.15, -0.1) is 0 Å². The Kier molecular flexibility index (Phi) is 5.06. The number of likely N-dealkylation sites (N-methyl/N-ethyl adjacent to an activating group) is 1. The molecule has 3 unspecified atom stereocenters. The van der Waals surface area contributed by atoms with Crippen molar-refractivity contribution >= 4 is 31.9 Å². The standard InChI is InChI=1S/C13H17Br2NO2/c1-3-16-10-7-11(13(10)17-2)18-12-8(14)5-4-6-9(12)15/h4-6,10-11,13,16H,3,7H2,1-2H3. The fourth-order valence-electron chi connectivity index (χ4n) is 2.22.